The highest BCUT2D eigenvalue weighted by Gasteiger charge is 2.35. The number of esters is 1. The molecule has 116 valence electrons. The zero-order valence-corrected chi connectivity index (χ0v) is 12.7. The molecule has 23 heavy (non-hydrogen) atoms. The predicted molar refractivity (Wildman–Crippen MR) is 87.9 cm³/mol. The summed E-state index contributed by atoms with van der Waals surface area (Å²) in [5.74, 6) is -0.754. The zero-order chi connectivity index (χ0) is 16.2. The molecule has 0 bridgehead atoms. The van der Waals surface area contributed by atoms with E-state index >= 15 is 0 Å². The Morgan fingerprint density at radius 2 is 1.65 bits per heavy atom. The maximum absolute atomic E-state index is 12.7. The second-order valence-corrected chi connectivity index (χ2v) is 5.06. The van der Waals surface area contributed by atoms with Crippen LogP contribution in [0.25, 0.3) is 0 Å². The van der Waals surface area contributed by atoms with Crippen LogP contribution in [0, 0.1) is 0 Å². The Kier molecular flexibility index (Phi) is 4.10. The van der Waals surface area contributed by atoms with Crippen LogP contribution in [0.2, 0.25) is 0 Å². The standard InChI is InChI=1S/C18H16N2O3/c1-23-18(22)15-12-20(14-10-6-3-7-11-14)17(21)16(15)19-13-8-4-2-5-9-13/h2-11,19H,12H2,1H3. The van der Waals surface area contributed by atoms with Gasteiger partial charge in [0.05, 0.1) is 19.2 Å². The zero-order valence-electron chi connectivity index (χ0n) is 12.7. The number of carbonyl (C=O) groups excluding carboxylic acids is 2. The number of hydrogen-bond donors (Lipinski definition) is 1. The third-order valence-electron chi connectivity index (χ3n) is 3.62. The number of nitrogens with zero attached hydrogens (tertiary/aromatic N) is 1. The van der Waals surface area contributed by atoms with Crippen LogP contribution in [-0.2, 0) is 14.3 Å². The molecule has 5 nitrogen and oxygen atoms in total. The molecule has 0 saturated heterocycles. The van der Waals surface area contributed by atoms with Crippen LogP contribution in [-0.4, -0.2) is 25.5 Å². The molecule has 3 rings (SSSR count). The van der Waals surface area contributed by atoms with Gasteiger partial charge in [-0.05, 0) is 24.3 Å². The Balaban J connectivity index is 1.94. The van der Waals surface area contributed by atoms with Gasteiger partial charge in [0, 0.05) is 11.4 Å². The number of ether oxygens (including phenoxy) is 1. The molecular weight excluding hydrogens is 292 g/mol. The Bertz CT molecular complexity index is 754. The number of methoxy groups -OCH3 is 1. The molecule has 0 spiro atoms. The minimum absolute atomic E-state index is 0.185. The van der Waals surface area contributed by atoms with Gasteiger partial charge in [-0.2, -0.15) is 0 Å². The van der Waals surface area contributed by atoms with Gasteiger partial charge in [-0.3, -0.25) is 4.79 Å². The molecule has 0 atom stereocenters. The largest absolute Gasteiger partial charge is 0.466 e. The van der Waals surface area contributed by atoms with Crippen LogP contribution in [0.4, 0.5) is 11.4 Å². The molecule has 2 aromatic carbocycles. The molecule has 0 fully saturated rings. The van der Waals surface area contributed by atoms with E-state index in [2.05, 4.69) is 5.32 Å². The molecular formula is C18H16N2O3. The van der Waals surface area contributed by atoms with E-state index in [4.69, 9.17) is 4.74 Å². The monoisotopic (exact) mass is 308 g/mol. The molecule has 0 aliphatic carbocycles. The van der Waals surface area contributed by atoms with Crippen LogP contribution >= 0.6 is 0 Å². The number of para-hydroxylation sites is 2. The summed E-state index contributed by atoms with van der Waals surface area (Å²) < 4.78 is 4.82. The average molecular weight is 308 g/mol. The summed E-state index contributed by atoms with van der Waals surface area (Å²) in [6, 6.07) is 18.5. The van der Waals surface area contributed by atoms with Crippen molar-refractivity contribution in [2.45, 2.75) is 0 Å². The topological polar surface area (TPSA) is 58.6 Å². The van der Waals surface area contributed by atoms with Crippen molar-refractivity contribution < 1.29 is 14.3 Å². The summed E-state index contributed by atoms with van der Waals surface area (Å²) in [4.78, 5) is 26.3. The summed E-state index contributed by atoms with van der Waals surface area (Å²) >= 11 is 0. The minimum atomic E-state index is -0.504. The maximum atomic E-state index is 12.7. The van der Waals surface area contributed by atoms with E-state index < -0.39 is 5.97 Å². The molecule has 1 N–H and O–H groups in total. The van der Waals surface area contributed by atoms with E-state index in [9.17, 15) is 9.59 Å². The van der Waals surface area contributed by atoms with Crippen molar-refractivity contribution >= 4 is 23.3 Å². The van der Waals surface area contributed by atoms with E-state index in [1.165, 1.54) is 7.11 Å². The summed E-state index contributed by atoms with van der Waals surface area (Å²) in [5.41, 5.74) is 2.06. The van der Waals surface area contributed by atoms with E-state index in [1.54, 1.807) is 4.90 Å². The minimum Gasteiger partial charge on any atom is -0.466 e. The van der Waals surface area contributed by atoms with Gasteiger partial charge in [0.2, 0.25) is 0 Å². The summed E-state index contributed by atoms with van der Waals surface area (Å²) in [6.07, 6.45) is 0. The predicted octanol–water partition coefficient (Wildman–Crippen LogP) is 2.57. The highest BCUT2D eigenvalue weighted by atomic mass is 16.5. The van der Waals surface area contributed by atoms with Gasteiger partial charge >= 0.3 is 5.97 Å². The number of anilines is 2. The summed E-state index contributed by atoms with van der Waals surface area (Å²) in [6.45, 7) is 0.185. The fourth-order valence-electron chi connectivity index (χ4n) is 2.47. The van der Waals surface area contributed by atoms with Crippen molar-refractivity contribution in [3.63, 3.8) is 0 Å². The average Bonchev–Trinajstić information content (AvgIpc) is 2.93. The van der Waals surface area contributed by atoms with E-state index in [0.717, 1.165) is 11.4 Å². The van der Waals surface area contributed by atoms with E-state index in [0.29, 0.717) is 5.57 Å². The number of carbonyl (C=O) groups is 2. The molecule has 0 unspecified atom stereocenters. The highest BCUT2D eigenvalue weighted by Crippen LogP contribution is 2.27. The number of rotatable bonds is 4. The lowest BCUT2D eigenvalue weighted by Gasteiger charge is -2.16. The SMILES string of the molecule is COC(=O)C1=C(Nc2ccccc2)C(=O)N(c2ccccc2)C1. The Morgan fingerprint density at radius 3 is 2.26 bits per heavy atom. The van der Waals surface area contributed by atoms with Gasteiger partial charge in [0.15, 0.2) is 0 Å². The molecule has 5 heteroatoms. The van der Waals surface area contributed by atoms with E-state index in [1.807, 2.05) is 60.7 Å². The van der Waals surface area contributed by atoms with Gasteiger partial charge in [-0.1, -0.05) is 36.4 Å². The van der Waals surface area contributed by atoms with Crippen molar-refractivity contribution in [1.29, 1.82) is 0 Å². The molecule has 0 aromatic heterocycles. The second kappa shape index (κ2) is 6.36. The lowest BCUT2D eigenvalue weighted by atomic mass is 10.2. The second-order valence-electron chi connectivity index (χ2n) is 5.06. The number of hydrogen-bond acceptors (Lipinski definition) is 4. The first-order valence-electron chi connectivity index (χ1n) is 7.21. The lowest BCUT2D eigenvalue weighted by Crippen LogP contribution is -2.28. The molecule has 0 saturated carbocycles. The van der Waals surface area contributed by atoms with Gasteiger partial charge in [0.1, 0.15) is 5.70 Å². The lowest BCUT2D eigenvalue weighted by molar-refractivity contribution is -0.136. The molecule has 1 aliphatic rings. The van der Waals surface area contributed by atoms with Crippen molar-refractivity contribution in [1.82, 2.24) is 0 Å². The van der Waals surface area contributed by atoms with E-state index in [-0.39, 0.29) is 18.1 Å². The molecule has 0 radical (unpaired) electrons. The van der Waals surface area contributed by atoms with Gasteiger partial charge < -0.3 is 15.0 Å². The van der Waals surface area contributed by atoms with Crippen molar-refractivity contribution in [3.05, 3.63) is 71.9 Å². The first-order valence-corrected chi connectivity index (χ1v) is 7.21. The molecule has 1 amide bonds. The molecule has 1 heterocycles. The van der Waals surface area contributed by atoms with Crippen molar-refractivity contribution in [2.24, 2.45) is 0 Å². The Hall–Kier alpha value is -3.08. The first-order chi connectivity index (χ1) is 11.2. The third-order valence-corrected chi connectivity index (χ3v) is 3.62. The fourth-order valence-corrected chi connectivity index (χ4v) is 2.47. The van der Waals surface area contributed by atoms with Crippen LogP contribution in [0.15, 0.2) is 71.9 Å². The number of nitrogens with one attached hydrogen (secondary N) is 1. The normalized spacial score (nSPS) is 14.1. The van der Waals surface area contributed by atoms with Crippen LogP contribution in [0.3, 0.4) is 0 Å². The maximum Gasteiger partial charge on any atom is 0.337 e. The third kappa shape index (κ3) is 2.94. The first kappa shape index (κ1) is 14.8. The highest BCUT2D eigenvalue weighted by molar-refractivity contribution is 6.16. The summed E-state index contributed by atoms with van der Waals surface area (Å²) in [5, 5.41) is 3.04. The Labute approximate surface area is 134 Å². The van der Waals surface area contributed by atoms with Gasteiger partial charge in [-0.25, -0.2) is 4.79 Å². The molecule has 2 aromatic rings. The van der Waals surface area contributed by atoms with Gasteiger partial charge in [-0.15, -0.1) is 0 Å². The van der Waals surface area contributed by atoms with Crippen LogP contribution in [0.5, 0.6) is 0 Å². The number of amides is 1. The summed E-state index contributed by atoms with van der Waals surface area (Å²) in [7, 11) is 1.31. The Morgan fingerprint density at radius 1 is 1.04 bits per heavy atom. The number of benzene rings is 2. The quantitative estimate of drug-likeness (QED) is 0.882. The smallest absolute Gasteiger partial charge is 0.337 e. The van der Waals surface area contributed by atoms with Crippen molar-refractivity contribution in [3.8, 4) is 0 Å². The molecule has 1 aliphatic heterocycles. The van der Waals surface area contributed by atoms with Crippen molar-refractivity contribution in [2.75, 3.05) is 23.9 Å². The van der Waals surface area contributed by atoms with Crippen LogP contribution in [0.1, 0.15) is 0 Å². The van der Waals surface area contributed by atoms with Crippen LogP contribution < -0.4 is 10.2 Å². The fraction of sp³-hybridized carbons (Fsp3) is 0.111. The van der Waals surface area contributed by atoms with Gasteiger partial charge in [0.25, 0.3) is 5.91 Å².